The maximum atomic E-state index is 11.4. The predicted molar refractivity (Wildman–Crippen MR) is 66.0 cm³/mol. The summed E-state index contributed by atoms with van der Waals surface area (Å²) >= 11 is 0. The third-order valence-electron chi connectivity index (χ3n) is 2.49. The lowest BCUT2D eigenvalue weighted by Gasteiger charge is -2.13. The SMILES string of the molecule is O=C(CCCN1C(=O)C=CC1=O)NCCOCCO. The van der Waals surface area contributed by atoms with Crippen molar-refractivity contribution in [2.45, 2.75) is 12.8 Å². The number of imide groups is 1. The number of amides is 3. The van der Waals surface area contributed by atoms with E-state index in [9.17, 15) is 14.4 Å². The number of aliphatic hydroxyl groups is 1. The van der Waals surface area contributed by atoms with Crippen LogP contribution >= 0.6 is 0 Å². The molecule has 1 aliphatic heterocycles. The summed E-state index contributed by atoms with van der Waals surface area (Å²) in [6, 6.07) is 0. The molecule has 7 heteroatoms. The van der Waals surface area contributed by atoms with E-state index in [1.165, 1.54) is 12.2 Å². The van der Waals surface area contributed by atoms with E-state index in [1.807, 2.05) is 0 Å². The molecular formula is C12H18N2O5. The lowest BCUT2D eigenvalue weighted by molar-refractivity contribution is -0.137. The monoisotopic (exact) mass is 270 g/mol. The molecule has 0 aliphatic carbocycles. The van der Waals surface area contributed by atoms with Crippen LogP contribution in [0.5, 0.6) is 0 Å². The van der Waals surface area contributed by atoms with Crippen LogP contribution in [0.25, 0.3) is 0 Å². The normalized spacial score (nSPS) is 14.3. The maximum absolute atomic E-state index is 11.4. The van der Waals surface area contributed by atoms with E-state index in [2.05, 4.69) is 5.32 Å². The summed E-state index contributed by atoms with van der Waals surface area (Å²) in [6.07, 6.45) is 3.13. The molecule has 3 amide bonds. The molecule has 2 N–H and O–H groups in total. The molecule has 0 spiro atoms. The van der Waals surface area contributed by atoms with Gasteiger partial charge in [-0.25, -0.2) is 0 Å². The van der Waals surface area contributed by atoms with E-state index in [4.69, 9.17) is 9.84 Å². The van der Waals surface area contributed by atoms with Gasteiger partial charge in [0.15, 0.2) is 0 Å². The Morgan fingerprint density at radius 2 is 1.95 bits per heavy atom. The van der Waals surface area contributed by atoms with Crippen molar-refractivity contribution in [3.05, 3.63) is 12.2 Å². The van der Waals surface area contributed by atoms with Gasteiger partial charge in [-0.3, -0.25) is 19.3 Å². The van der Waals surface area contributed by atoms with Crippen molar-refractivity contribution in [3.63, 3.8) is 0 Å². The van der Waals surface area contributed by atoms with Gasteiger partial charge < -0.3 is 15.2 Å². The Balaban J connectivity index is 2.04. The van der Waals surface area contributed by atoms with E-state index in [1.54, 1.807) is 0 Å². The molecule has 0 aromatic rings. The number of rotatable bonds is 9. The summed E-state index contributed by atoms with van der Waals surface area (Å²) in [5.41, 5.74) is 0. The third kappa shape index (κ3) is 5.62. The summed E-state index contributed by atoms with van der Waals surface area (Å²) in [6.45, 7) is 1.18. The van der Waals surface area contributed by atoms with Crippen molar-refractivity contribution in [1.29, 1.82) is 0 Å². The number of nitrogens with one attached hydrogen (secondary N) is 1. The second kappa shape index (κ2) is 8.39. The van der Waals surface area contributed by atoms with Gasteiger partial charge in [0.25, 0.3) is 11.8 Å². The Hall–Kier alpha value is -1.73. The Kier molecular flexibility index (Phi) is 6.76. The zero-order valence-electron chi connectivity index (χ0n) is 10.6. The van der Waals surface area contributed by atoms with E-state index in [-0.39, 0.29) is 43.9 Å². The molecule has 0 radical (unpaired) electrons. The second-order valence-corrected chi connectivity index (χ2v) is 3.95. The minimum Gasteiger partial charge on any atom is -0.394 e. The van der Waals surface area contributed by atoms with E-state index >= 15 is 0 Å². The predicted octanol–water partition coefficient (Wildman–Crippen LogP) is -1.18. The third-order valence-corrected chi connectivity index (χ3v) is 2.49. The van der Waals surface area contributed by atoms with Crippen molar-refractivity contribution in [1.82, 2.24) is 10.2 Å². The quantitative estimate of drug-likeness (QED) is 0.406. The Morgan fingerprint density at radius 3 is 2.58 bits per heavy atom. The number of hydrogen-bond donors (Lipinski definition) is 2. The molecule has 0 unspecified atom stereocenters. The molecule has 0 fully saturated rings. The van der Waals surface area contributed by atoms with Gasteiger partial charge in [-0.2, -0.15) is 0 Å². The standard InChI is InChI=1S/C12H18N2O5/c15-7-9-19-8-5-13-10(16)2-1-6-14-11(17)3-4-12(14)18/h3-4,15H,1-2,5-9H2,(H,13,16). The average Bonchev–Trinajstić information content (AvgIpc) is 2.70. The number of carbonyl (C=O) groups is 3. The molecule has 1 heterocycles. The van der Waals surface area contributed by atoms with Gasteiger partial charge in [-0.1, -0.05) is 0 Å². The van der Waals surface area contributed by atoms with E-state index in [0.29, 0.717) is 19.6 Å². The highest BCUT2D eigenvalue weighted by Crippen LogP contribution is 2.05. The van der Waals surface area contributed by atoms with Gasteiger partial charge in [-0.15, -0.1) is 0 Å². The highest BCUT2D eigenvalue weighted by Gasteiger charge is 2.22. The molecule has 0 saturated heterocycles. The first kappa shape index (κ1) is 15.3. The van der Waals surface area contributed by atoms with Gasteiger partial charge in [0, 0.05) is 31.7 Å². The van der Waals surface area contributed by atoms with Crippen LogP contribution in [-0.2, 0) is 19.1 Å². The second-order valence-electron chi connectivity index (χ2n) is 3.95. The van der Waals surface area contributed by atoms with Gasteiger partial charge in [-0.05, 0) is 6.42 Å². The molecule has 106 valence electrons. The van der Waals surface area contributed by atoms with Crippen LogP contribution < -0.4 is 5.32 Å². The van der Waals surface area contributed by atoms with Crippen LogP contribution in [0.15, 0.2) is 12.2 Å². The van der Waals surface area contributed by atoms with Crippen molar-refractivity contribution >= 4 is 17.7 Å². The smallest absolute Gasteiger partial charge is 0.253 e. The largest absolute Gasteiger partial charge is 0.394 e. The van der Waals surface area contributed by atoms with E-state index < -0.39 is 0 Å². The summed E-state index contributed by atoms with van der Waals surface area (Å²) in [5.74, 6) is -0.815. The zero-order valence-corrected chi connectivity index (χ0v) is 10.6. The van der Waals surface area contributed by atoms with Gasteiger partial charge in [0.2, 0.25) is 5.91 Å². The zero-order chi connectivity index (χ0) is 14.1. The molecule has 0 bridgehead atoms. The highest BCUT2D eigenvalue weighted by molar-refractivity contribution is 6.12. The molecule has 0 saturated carbocycles. The molecule has 0 aromatic heterocycles. The minimum absolute atomic E-state index is 0.0418. The first-order valence-corrected chi connectivity index (χ1v) is 6.14. The Labute approximate surface area is 111 Å². The number of hydrogen-bond acceptors (Lipinski definition) is 5. The molecule has 1 aliphatic rings. The summed E-state index contributed by atoms with van der Waals surface area (Å²) < 4.78 is 4.98. The summed E-state index contributed by atoms with van der Waals surface area (Å²) in [7, 11) is 0. The van der Waals surface area contributed by atoms with Gasteiger partial charge >= 0.3 is 0 Å². The highest BCUT2D eigenvalue weighted by atomic mass is 16.5. The number of carbonyl (C=O) groups excluding carboxylic acids is 3. The summed E-state index contributed by atoms with van der Waals surface area (Å²) in [4.78, 5) is 34.9. The number of ether oxygens (including phenoxy) is 1. The van der Waals surface area contributed by atoms with E-state index in [0.717, 1.165) is 4.90 Å². The fraction of sp³-hybridized carbons (Fsp3) is 0.583. The fourth-order valence-electron chi connectivity index (χ4n) is 1.57. The Morgan fingerprint density at radius 1 is 1.26 bits per heavy atom. The molecule has 7 nitrogen and oxygen atoms in total. The van der Waals surface area contributed by atoms with Gasteiger partial charge in [0.1, 0.15) is 0 Å². The molecule has 19 heavy (non-hydrogen) atoms. The minimum atomic E-state index is -0.331. The number of aliphatic hydroxyl groups excluding tert-OH is 1. The molecule has 0 atom stereocenters. The topological polar surface area (TPSA) is 95.9 Å². The molecular weight excluding hydrogens is 252 g/mol. The Bertz CT molecular complexity index is 349. The van der Waals surface area contributed by atoms with Crippen LogP contribution in [0.2, 0.25) is 0 Å². The first-order valence-electron chi connectivity index (χ1n) is 6.14. The lowest BCUT2D eigenvalue weighted by Crippen LogP contribution is -2.32. The van der Waals surface area contributed by atoms with Crippen molar-refractivity contribution < 1.29 is 24.2 Å². The molecule has 1 rings (SSSR count). The van der Waals surface area contributed by atoms with Crippen LogP contribution in [0, 0.1) is 0 Å². The first-order chi connectivity index (χ1) is 9.15. The van der Waals surface area contributed by atoms with Crippen LogP contribution in [0.4, 0.5) is 0 Å². The van der Waals surface area contributed by atoms with Crippen molar-refractivity contribution in [3.8, 4) is 0 Å². The van der Waals surface area contributed by atoms with Crippen LogP contribution in [0.1, 0.15) is 12.8 Å². The lowest BCUT2D eigenvalue weighted by atomic mass is 10.3. The average molecular weight is 270 g/mol. The van der Waals surface area contributed by atoms with Crippen molar-refractivity contribution in [2.75, 3.05) is 32.9 Å². The maximum Gasteiger partial charge on any atom is 0.253 e. The van der Waals surface area contributed by atoms with Gasteiger partial charge in [0.05, 0.1) is 19.8 Å². The van der Waals surface area contributed by atoms with Crippen molar-refractivity contribution in [2.24, 2.45) is 0 Å². The summed E-state index contributed by atoms with van der Waals surface area (Å²) in [5, 5.41) is 11.1. The van der Waals surface area contributed by atoms with Crippen LogP contribution in [0.3, 0.4) is 0 Å². The molecule has 0 aromatic carbocycles. The number of nitrogens with zero attached hydrogens (tertiary/aromatic N) is 1. The van der Waals surface area contributed by atoms with Crippen LogP contribution in [-0.4, -0.2) is 60.6 Å². The fourth-order valence-corrected chi connectivity index (χ4v) is 1.57.